The van der Waals surface area contributed by atoms with Gasteiger partial charge in [0.25, 0.3) is 0 Å². The maximum atomic E-state index is 11.3. The minimum Gasteiger partial charge on any atom is -0.314 e. The molecule has 0 aromatic carbocycles. The number of nitrogens with one attached hydrogen (secondary N) is 1. The van der Waals surface area contributed by atoms with Crippen LogP contribution in [-0.4, -0.2) is 33.0 Å². The molecular formula is C17H33NO2S. The topological polar surface area (TPSA) is 46.2 Å². The Labute approximate surface area is 131 Å². The second kappa shape index (κ2) is 7.96. The molecule has 3 nitrogen and oxygen atoms in total. The normalized spacial score (nSPS) is 30.5. The third-order valence-electron chi connectivity index (χ3n) is 5.28. The lowest BCUT2D eigenvalue weighted by atomic mass is 9.71. The summed E-state index contributed by atoms with van der Waals surface area (Å²) in [6.45, 7) is 3.44. The number of sulfone groups is 1. The first kappa shape index (κ1) is 17.3. The Bertz CT molecular complexity index is 403. The number of hydrogen-bond acceptors (Lipinski definition) is 3. The molecule has 3 atom stereocenters. The smallest absolute Gasteiger partial charge is 0.147 e. The molecule has 2 saturated carbocycles. The SMILES string of the molecule is CCCC1CCC(CNC2CC2)C(CCCS(C)(=O)=O)C1. The molecule has 21 heavy (non-hydrogen) atoms. The lowest BCUT2D eigenvalue weighted by Gasteiger charge is -2.36. The van der Waals surface area contributed by atoms with E-state index in [0.717, 1.165) is 43.2 Å². The minimum atomic E-state index is -2.80. The molecule has 0 bridgehead atoms. The summed E-state index contributed by atoms with van der Waals surface area (Å²) in [6, 6.07) is 0.787. The third-order valence-corrected chi connectivity index (χ3v) is 6.31. The minimum absolute atomic E-state index is 0.366. The molecule has 2 fully saturated rings. The van der Waals surface area contributed by atoms with Crippen molar-refractivity contribution in [3.63, 3.8) is 0 Å². The van der Waals surface area contributed by atoms with Crippen LogP contribution in [0.5, 0.6) is 0 Å². The molecular weight excluding hydrogens is 282 g/mol. The van der Waals surface area contributed by atoms with E-state index in [1.165, 1.54) is 51.2 Å². The highest BCUT2D eigenvalue weighted by Gasteiger charge is 2.31. The van der Waals surface area contributed by atoms with E-state index >= 15 is 0 Å². The summed E-state index contributed by atoms with van der Waals surface area (Å²) in [5.41, 5.74) is 0. The molecule has 4 heteroatoms. The van der Waals surface area contributed by atoms with Crippen molar-refractivity contribution in [1.82, 2.24) is 5.32 Å². The van der Waals surface area contributed by atoms with E-state index in [1.54, 1.807) is 0 Å². The van der Waals surface area contributed by atoms with E-state index in [1.807, 2.05) is 0 Å². The first-order valence-electron chi connectivity index (χ1n) is 8.89. The quantitative estimate of drug-likeness (QED) is 0.709. The zero-order valence-corrected chi connectivity index (χ0v) is 14.6. The highest BCUT2D eigenvalue weighted by Crippen LogP contribution is 2.38. The van der Waals surface area contributed by atoms with Gasteiger partial charge in [-0.3, -0.25) is 0 Å². The Morgan fingerprint density at radius 3 is 2.43 bits per heavy atom. The fraction of sp³-hybridized carbons (Fsp3) is 1.00. The van der Waals surface area contributed by atoms with E-state index in [2.05, 4.69) is 12.2 Å². The first-order chi connectivity index (χ1) is 9.98. The molecule has 0 aromatic rings. The molecule has 0 aromatic heterocycles. The molecule has 2 aliphatic carbocycles. The second-order valence-corrected chi connectivity index (χ2v) is 9.70. The number of rotatable bonds is 9. The zero-order valence-electron chi connectivity index (χ0n) is 13.8. The van der Waals surface area contributed by atoms with Crippen molar-refractivity contribution in [2.75, 3.05) is 18.6 Å². The third kappa shape index (κ3) is 6.68. The van der Waals surface area contributed by atoms with Gasteiger partial charge in [0.15, 0.2) is 0 Å². The molecule has 0 spiro atoms. The van der Waals surface area contributed by atoms with Crippen molar-refractivity contribution >= 4 is 9.84 Å². The summed E-state index contributed by atoms with van der Waals surface area (Å²) in [4.78, 5) is 0. The monoisotopic (exact) mass is 315 g/mol. The Kier molecular flexibility index (Phi) is 6.54. The van der Waals surface area contributed by atoms with Crippen molar-refractivity contribution < 1.29 is 8.42 Å². The number of hydrogen-bond donors (Lipinski definition) is 1. The van der Waals surface area contributed by atoms with Crippen LogP contribution in [0, 0.1) is 17.8 Å². The molecule has 2 rings (SSSR count). The molecule has 3 unspecified atom stereocenters. The molecule has 0 radical (unpaired) electrons. The van der Waals surface area contributed by atoms with Gasteiger partial charge in [-0.15, -0.1) is 0 Å². The van der Waals surface area contributed by atoms with Gasteiger partial charge in [0.1, 0.15) is 9.84 Å². The van der Waals surface area contributed by atoms with Crippen LogP contribution in [0.4, 0.5) is 0 Å². The largest absolute Gasteiger partial charge is 0.314 e. The molecule has 1 N–H and O–H groups in total. The molecule has 0 heterocycles. The lowest BCUT2D eigenvalue weighted by molar-refractivity contribution is 0.158. The van der Waals surface area contributed by atoms with Crippen LogP contribution in [0.3, 0.4) is 0 Å². The van der Waals surface area contributed by atoms with Gasteiger partial charge >= 0.3 is 0 Å². The van der Waals surface area contributed by atoms with E-state index in [4.69, 9.17) is 0 Å². The van der Waals surface area contributed by atoms with Crippen molar-refractivity contribution in [1.29, 1.82) is 0 Å². The van der Waals surface area contributed by atoms with E-state index in [9.17, 15) is 8.42 Å². The average molecular weight is 316 g/mol. The van der Waals surface area contributed by atoms with Gasteiger partial charge in [-0.1, -0.05) is 26.2 Å². The van der Waals surface area contributed by atoms with Crippen molar-refractivity contribution in [2.24, 2.45) is 17.8 Å². The van der Waals surface area contributed by atoms with Crippen LogP contribution >= 0.6 is 0 Å². The molecule has 2 aliphatic rings. The lowest BCUT2D eigenvalue weighted by Crippen LogP contribution is -2.34. The molecule has 0 saturated heterocycles. The summed E-state index contributed by atoms with van der Waals surface area (Å²) < 4.78 is 22.7. The van der Waals surface area contributed by atoms with Gasteiger partial charge in [0.05, 0.1) is 0 Å². The van der Waals surface area contributed by atoms with Crippen LogP contribution in [0.25, 0.3) is 0 Å². The van der Waals surface area contributed by atoms with Crippen LogP contribution in [-0.2, 0) is 9.84 Å². The Morgan fingerprint density at radius 1 is 1.05 bits per heavy atom. The van der Waals surface area contributed by atoms with Gasteiger partial charge in [-0.25, -0.2) is 8.42 Å². The second-order valence-electron chi connectivity index (χ2n) is 7.44. The van der Waals surface area contributed by atoms with Gasteiger partial charge in [0, 0.05) is 18.1 Å². The highest BCUT2D eigenvalue weighted by atomic mass is 32.2. The molecule has 0 amide bonds. The van der Waals surface area contributed by atoms with Crippen LogP contribution in [0.1, 0.15) is 64.7 Å². The zero-order chi connectivity index (χ0) is 15.3. The highest BCUT2D eigenvalue weighted by molar-refractivity contribution is 7.90. The van der Waals surface area contributed by atoms with Crippen molar-refractivity contribution in [3.8, 4) is 0 Å². The maximum absolute atomic E-state index is 11.3. The standard InChI is InChI=1S/C17H33NO2S/c1-3-5-14-7-8-16(13-18-17-9-10-17)15(12-14)6-4-11-21(2,19)20/h14-18H,3-13H2,1-2H3. The predicted molar refractivity (Wildman–Crippen MR) is 89.2 cm³/mol. The summed E-state index contributed by atoms with van der Waals surface area (Å²) in [5, 5.41) is 3.69. The summed E-state index contributed by atoms with van der Waals surface area (Å²) in [5.74, 6) is 2.77. The van der Waals surface area contributed by atoms with Crippen LogP contribution in [0.15, 0.2) is 0 Å². The summed E-state index contributed by atoms with van der Waals surface area (Å²) >= 11 is 0. The van der Waals surface area contributed by atoms with E-state index in [-0.39, 0.29) is 0 Å². The molecule has 124 valence electrons. The van der Waals surface area contributed by atoms with Gasteiger partial charge in [-0.2, -0.15) is 0 Å². The van der Waals surface area contributed by atoms with Gasteiger partial charge in [0.2, 0.25) is 0 Å². The fourth-order valence-corrected chi connectivity index (χ4v) is 4.62. The Morgan fingerprint density at radius 2 is 1.81 bits per heavy atom. The Balaban J connectivity index is 1.81. The van der Waals surface area contributed by atoms with Crippen molar-refractivity contribution in [2.45, 2.75) is 70.8 Å². The summed E-state index contributed by atoms with van der Waals surface area (Å²) in [6.07, 6.45) is 12.7. The van der Waals surface area contributed by atoms with Gasteiger partial charge in [-0.05, 0) is 62.8 Å². The van der Waals surface area contributed by atoms with Crippen LogP contribution < -0.4 is 5.32 Å². The fourth-order valence-electron chi connectivity index (χ4n) is 3.93. The maximum Gasteiger partial charge on any atom is 0.147 e. The summed E-state index contributed by atoms with van der Waals surface area (Å²) in [7, 11) is -2.80. The predicted octanol–water partition coefficient (Wildman–Crippen LogP) is 3.40. The average Bonchev–Trinajstić information content (AvgIpc) is 3.21. The van der Waals surface area contributed by atoms with Gasteiger partial charge < -0.3 is 5.32 Å². The first-order valence-corrected chi connectivity index (χ1v) is 10.9. The van der Waals surface area contributed by atoms with E-state index in [0.29, 0.717) is 5.75 Å². The Hall–Kier alpha value is -0.0900. The van der Waals surface area contributed by atoms with Crippen LogP contribution in [0.2, 0.25) is 0 Å². The van der Waals surface area contributed by atoms with Crippen molar-refractivity contribution in [3.05, 3.63) is 0 Å². The van der Waals surface area contributed by atoms with E-state index < -0.39 is 9.84 Å². The molecule has 0 aliphatic heterocycles.